The van der Waals surface area contributed by atoms with Gasteiger partial charge in [0.15, 0.2) is 11.5 Å². The molecule has 1 amide bonds. The highest BCUT2D eigenvalue weighted by atomic mass is 16.5. The van der Waals surface area contributed by atoms with Crippen LogP contribution >= 0.6 is 0 Å². The number of aryl methyl sites for hydroxylation is 3. The van der Waals surface area contributed by atoms with Gasteiger partial charge in [-0.05, 0) is 60.9 Å². The van der Waals surface area contributed by atoms with Crippen LogP contribution in [0, 0.1) is 12.3 Å². The smallest absolute Gasteiger partial charge is 0.267 e. The molecule has 10 heteroatoms. The van der Waals surface area contributed by atoms with Crippen LogP contribution in [0.2, 0.25) is 0 Å². The van der Waals surface area contributed by atoms with Crippen molar-refractivity contribution in [2.45, 2.75) is 26.4 Å². The number of benzene rings is 1. The molecule has 0 saturated heterocycles. The first-order valence-corrected chi connectivity index (χ1v) is 12.0. The van der Waals surface area contributed by atoms with Gasteiger partial charge >= 0.3 is 0 Å². The largest absolute Gasteiger partial charge is 0.493 e. The van der Waals surface area contributed by atoms with Crippen LogP contribution in [0.3, 0.4) is 0 Å². The van der Waals surface area contributed by atoms with Gasteiger partial charge in [-0.25, -0.2) is 4.98 Å². The van der Waals surface area contributed by atoms with Gasteiger partial charge in [-0.15, -0.1) is 0 Å². The van der Waals surface area contributed by atoms with Crippen LogP contribution in [-0.2, 0) is 19.5 Å². The van der Waals surface area contributed by atoms with Gasteiger partial charge in [0.1, 0.15) is 22.5 Å². The lowest BCUT2D eigenvalue weighted by atomic mass is 10.1. The first kappa shape index (κ1) is 24.8. The van der Waals surface area contributed by atoms with Crippen molar-refractivity contribution in [1.82, 2.24) is 19.3 Å². The van der Waals surface area contributed by atoms with E-state index in [0.717, 1.165) is 11.1 Å². The van der Waals surface area contributed by atoms with Crippen LogP contribution in [0.15, 0.2) is 70.2 Å². The Morgan fingerprint density at radius 1 is 1.08 bits per heavy atom. The maximum absolute atomic E-state index is 13.5. The number of pyridine rings is 2. The Morgan fingerprint density at radius 3 is 2.63 bits per heavy atom. The molecule has 38 heavy (non-hydrogen) atoms. The minimum atomic E-state index is -0.484. The fourth-order valence-corrected chi connectivity index (χ4v) is 4.44. The molecule has 2 N–H and O–H groups in total. The Balaban J connectivity index is 1.62. The predicted molar refractivity (Wildman–Crippen MR) is 141 cm³/mol. The number of nitrogens with zero attached hydrogens (tertiary/aromatic N) is 3. The van der Waals surface area contributed by atoms with E-state index in [9.17, 15) is 9.59 Å². The fourth-order valence-electron chi connectivity index (χ4n) is 4.44. The van der Waals surface area contributed by atoms with E-state index >= 15 is 0 Å². The Hall–Kier alpha value is -4.86. The van der Waals surface area contributed by atoms with Crippen LogP contribution in [0.5, 0.6) is 11.5 Å². The van der Waals surface area contributed by atoms with Gasteiger partial charge in [0.05, 0.1) is 38.0 Å². The van der Waals surface area contributed by atoms with Gasteiger partial charge in [-0.1, -0.05) is 12.1 Å². The first-order valence-electron chi connectivity index (χ1n) is 12.0. The molecule has 0 radical (unpaired) electrons. The summed E-state index contributed by atoms with van der Waals surface area (Å²) in [5.74, 6) is 1.30. The number of methoxy groups -OCH3 is 2. The Bertz CT molecular complexity index is 1770. The molecule has 0 saturated carbocycles. The van der Waals surface area contributed by atoms with E-state index in [0.29, 0.717) is 41.5 Å². The number of nitrogens with one attached hydrogen (secondary N) is 2. The summed E-state index contributed by atoms with van der Waals surface area (Å²) >= 11 is 0. The van der Waals surface area contributed by atoms with Gasteiger partial charge in [0.2, 0.25) is 0 Å². The summed E-state index contributed by atoms with van der Waals surface area (Å²) in [7, 11) is 3.15. The zero-order valence-corrected chi connectivity index (χ0v) is 21.3. The highest BCUT2D eigenvalue weighted by Crippen LogP contribution is 2.28. The highest BCUT2D eigenvalue weighted by molar-refractivity contribution is 5.96. The van der Waals surface area contributed by atoms with Crippen LogP contribution in [-0.4, -0.2) is 34.1 Å². The Labute approximate surface area is 217 Å². The number of rotatable bonds is 8. The van der Waals surface area contributed by atoms with Crippen molar-refractivity contribution in [3.8, 4) is 11.5 Å². The molecule has 4 aromatic heterocycles. The minimum Gasteiger partial charge on any atom is -0.493 e. The molecule has 0 bridgehead atoms. The Morgan fingerprint density at radius 2 is 1.89 bits per heavy atom. The second kappa shape index (κ2) is 10.3. The molecule has 0 fully saturated rings. The molecule has 0 aliphatic rings. The van der Waals surface area contributed by atoms with Gasteiger partial charge in [-0.2, -0.15) is 0 Å². The lowest BCUT2D eigenvalue weighted by Crippen LogP contribution is -2.35. The quantitative estimate of drug-likeness (QED) is 0.307. The monoisotopic (exact) mass is 513 g/mol. The molecule has 0 atom stereocenters. The molecule has 0 spiro atoms. The number of aromatic nitrogens is 3. The van der Waals surface area contributed by atoms with Gasteiger partial charge in [0, 0.05) is 12.7 Å². The summed E-state index contributed by atoms with van der Waals surface area (Å²) in [5, 5.41) is 12.0. The number of furan rings is 1. The molecule has 194 valence electrons. The van der Waals surface area contributed by atoms with Crippen molar-refractivity contribution in [2.75, 3.05) is 14.2 Å². The maximum Gasteiger partial charge on any atom is 0.267 e. The van der Waals surface area contributed by atoms with E-state index < -0.39 is 5.91 Å². The molecular formula is C28H27N5O5. The number of amides is 1. The fraction of sp³-hybridized carbons (Fsp3) is 0.214. The molecule has 0 aliphatic carbocycles. The maximum atomic E-state index is 13.5. The third-order valence-electron chi connectivity index (χ3n) is 6.45. The molecule has 10 nitrogen and oxygen atoms in total. The van der Waals surface area contributed by atoms with E-state index in [-0.39, 0.29) is 28.5 Å². The molecule has 4 heterocycles. The standard InChI is InChI=1S/C28H27N5O5/c1-17-6-4-11-33-25(17)31-26-21(28(33)35)15-20(27(34)30-16-19-7-5-13-38-19)24(29)32(26)12-10-18-8-9-22(36-2)23(14-18)37-3/h4-9,11,13-15,29H,10,12,16H2,1-3H3,(H,30,34). The number of hydrogen-bond acceptors (Lipinski definition) is 7. The van der Waals surface area contributed by atoms with Crippen molar-refractivity contribution in [2.24, 2.45) is 0 Å². The van der Waals surface area contributed by atoms with Crippen LogP contribution < -0.4 is 25.8 Å². The van der Waals surface area contributed by atoms with E-state index in [2.05, 4.69) is 5.32 Å². The average molecular weight is 514 g/mol. The van der Waals surface area contributed by atoms with Crippen molar-refractivity contribution in [3.63, 3.8) is 0 Å². The molecule has 0 aliphatic heterocycles. The summed E-state index contributed by atoms with van der Waals surface area (Å²) in [5.41, 5.74) is 2.32. The summed E-state index contributed by atoms with van der Waals surface area (Å²) in [6.45, 7) is 2.33. The van der Waals surface area contributed by atoms with E-state index in [1.54, 1.807) is 43.2 Å². The lowest BCUT2D eigenvalue weighted by molar-refractivity contribution is 0.0945. The SMILES string of the molecule is COc1ccc(CCn2c(=N)c(C(=O)NCc3ccco3)cc3c(=O)n4cccc(C)c4nc32)cc1OC. The van der Waals surface area contributed by atoms with Crippen molar-refractivity contribution < 1.29 is 18.7 Å². The lowest BCUT2D eigenvalue weighted by Gasteiger charge is -2.16. The topological polar surface area (TPSA) is 124 Å². The van der Waals surface area contributed by atoms with Crippen molar-refractivity contribution in [3.05, 3.63) is 99.3 Å². The predicted octanol–water partition coefficient (Wildman–Crippen LogP) is 3.22. The minimum absolute atomic E-state index is 0.0419. The summed E-state index contributed by atoms with van der Waals surface area (Å²) in [4.78, 5) is 31.5. The number of hydrogen-bond donors (Lipinski definition) is 2. The van der Waals surface area contributed by atoms with Crippen molar-refractivity contribution >= 4 is 22.6 Å². The summed E-state index contributed by atoms with van der Waals surface area (Å²) in [6, 6.07) is 14.2. The van der Waals surface area contributed by atoms with Crippen molar-refractivity contribution in [1.29, 1.82) is 5.41 Å². The molecular weight excluding hydrogens is 486 g/mol. The van der Waals surface area contributed by atoms with Gasteiger partial charge in [-0.3, -0.25) is 19.4 Å². The zero-order valence-electron chi connectivity index (χ0n) is 21.3. The number of carbonyl (C=O) groups is 1. The summed E-state index contributed by atoms with van der Waals surface area (Å²) in [6.07, 6.45) is 3.67. The molecule has 0 unspecified atom stereocenters. The zero-order chi connectivity index (χ0) is 26.8. The van der Waals surface area contributed by atoms with Gasteiger partial charge < -0.3 is 23.8 Å². The normalized spacial score (nSPS) is 11.1. The number of fused-ring (bicyclic) bond motifs is 2. The van der Waals surface area contributed by atoms with E-state index in [1.165, 1.54) is 16.7 Å². The molecule has 5 rings (SSSR count). The highest BCUT2D eigenvalue weighted by Gasteiger charge is 2.18. The number of ether oxygens (including phenoxy) is 2. The third kappa shape index (κ3) is 4.52. The van der Waals surface area contributed by atoms with Gasteiger partial charge in [0.25, 0.3) is 11.5 Å². The van der Waals surface area contributed by atoms with Crippen LogP contribution in [0.4, 0.5) is 0 Å². The first-order chi connectivity index (χ1) is 18.4. The summed E-state index contributed by atoms with van der Waals surface area (Å²) < 4.78 is 19.1. The second-order valence-corrected chi connectivity index (χ2v) is 8.80. The second-order valence-electron chi connectivity index (χ2n) is 8.80. The third-order valence-corrected chi connectivity index (χ3v) is 6.45. The van der Waals surface area contributed by atoms with Crippen LogP contribution in [0.25, 0.3) is 16.7 Å². The van der Waals surface area contributed by atoms with E-state index in [4.69, 9.17) is 24.3 Å². The van der Waals surface area contributed by atoms with Crippen LogP contribution in [0.1, 0.15) is 27.2 Å². The molecule has 1 aromatic carbocycles. The molecule has 5 aromatic rings. The van der Waals surface area contributed by atoms with E-state index in [1.807, 2.05) is 31.2 Å². The Kier molecular flexibility index (Phi) is 6.69. The average Bonchev–Trinajstić information content (AvgIpc) is 3.45. The number of carbonyl (C=O) groups excluding carboxylic acids is 1.